The molecule has 6 fully saturated rings. The van der Waals surface area contributed by atoms with Crippen molar-refractivity contribution in [2.24, 2.45) is 23.2 Å². The molecule has 2 nitrogen and oxygen atoms in total. The number of rotatable bonds is 3. The molecule has 2 aliphatic heterocycles. The van der Waals surface area contributed by atoms with Crippen molar-refractivity contribution in [3.63, 3.8) is 0 Å². The van der Waals surface area contributed by atoms with E-state index in [0.29, 0.717) is 0 Å². The highest BCUT2D eigenvalue weighted by atomic mass is 15.2. The van der Waals surface area contributed by atoms with E-state index in [-0.39, 0.29) is 0 Å². The number of nitrogens with one attached hydrogen (secondary N) is 1. The van der Waals surface area contributed by atoms with Crippen LogP contribution in [-0.4, -0.2) is 36.6 Å². The third kappa shape index (κ3) is 2.47. The maximum absolute atomic E-state index is 3.83. The highest BCUT2D eigenvalue weighted by molar-refractivity contribution is 5.01. The second-order valence-corrected chi connectivity index (χ2v) is 9.39. The van der Waals surface area contributed by atoms with Gasteiger partial charge < -0.3 is 10.2 Å². The average Bonchev–Trinajstić information content (AvgIpc) is 2.76. The van der Waals surface area contributed by atoms with Crippen LogP contribution in [0.1, 0.15) is 64.2 Å². The second-order valence-electron chi connectivity index (χ2n) is 9.39. The van der Waals surface area contributed by atoms with Gasteiger partial charge in [-0.2, -0.15) is 0 Å². The van der Waals surface area contributed by atoms with Crippen molar-refractivity contribution in [2.45, 2.75) is 76.3 Å². The maximum Gasteiger partial charge on any atom is 0.0198 e. The van der Waals surface area contributed by atoms with Crippen LogP contribution in [0.5, 0.6) is 0 Å². The lowest BCUT2D eigenvalue weighted by Gasteiger charge is -2.57. The molecule has 2 heterocycles. The van der Waals surface area contributed by atoms with Crippen LogP contribution in [0.15, 0.2) is 0 Å². The predicted octanol–water partition coefficient (Wildman–Crippen LogP) is 3.42. The Balaban J connectivity index is 1.22. The molecule has 0 aromatic heterocycles. The standard InChI is InChI=1S/C19H32N2/c1-2-18-13-21(5-3-17(1)20-18)6-4-19-10-14-7-15(11-19)9-16(8-14)12-19/h14-18,20H,1-13H2. The van der Waals surface area contributed by atoms with Crippen LogP contribution in [-0.2, 0) is 0 Å². The van der Waals surface area contributed by atoms with Gasteiger partial charge in [0.15, 0.2) is 0 Å². The molecule has 0 aromatic rings. The zero-order valence-corrected chi connectivity index (χ0v) is 13.5. The van der Waals surface area contributed by atoms with Crippen molar-refractivity contribution in [3.05, 3.63) is 0 Å². The van der Waals surface area contributed by atoms with E-state index in [1.807, 2.05) is 0 Å². The van der Waals surface area contributed by atoms with Gasteiger partial charge in [0.25, 0.3) is 0 Å². The van der Waals surface area contributed by atoms with Gasteiger partial charge in [0, 0.05) is 18.6 Å². The van der Waals surface area contributed by atoms with Gasteiger partial charge in [-0.3, -0.25) is 0 Å². The zero-order valence-electron chi connectivity index (χ0n) is 13.5. The lowest BCUT2D eigenvalue weighted by atomic mass is 9.49. The second kappa shape index (κ2) is 4.96. The van der Waals surface area contributed by atoms with Crippen LogP contribution in [0.4, 0.5) is 0 Å². The Morgan fingerprint density at radius 3 is 2.24 bits per heavy atom. The molecule has 6 aliphatic rings. The molecule has 2 unspecified atom stereocenters. The molecule has 2 heteroatoms. The van der Waals surface area contributed by atoms with Crippen molar-refractivity contribution in [1.82, 2.24) is 10.2 Å². The van der Waals surface area contributed by atoms with E-state index in [0.717, 1.165) is 35.3 Å². The van der Waals surface area contributed by atoms with Gasteiger partial charge in [-0.15, -0.1) is 0 Å². The minimum absolute atomic E-state index is 0.785. The molecular formula is C19H32N2. The first-order valence-corrected chi connectivity index (χ1v) is 9.75. The van der Waals surface area contributed by atoms with E-state index in [9.17, 15) is 0 Å². The first-order valence-electron chi connectivity index (χ1n) is 9.75. The topological polar surface area (TPSA) is 15.3 Å². The van der Waals surface area contributed by atoms with Gasteiger partial charge in [0.2, 0.25) is 0 Å². The predicted molar refractivity (Wildman–Crippen MR) is 86.2 cm³/mol. The highest BCUT2D eigenvalue weighted by Crippen LogP contribution is 2.61. The van der Waals surface area contributed by atoms with Crippen LogP contribution in [0.25, 0.3) is 0 Å². The molecule has 0 aromatic carbocycles. The summed E-state index contributed by atoms with van der Waals surface area (Å²) < 4.78 is 0. The molecule has 2 atom stereocenters. The molecule has 6 rings (SSSR count). The number of likely N-dealkylation sites (tertiary alicyclic amines) is 1. The summed E-state index contributed by atoms with van der Waals surface area (Å²) in [6.07, 6.45) is 15.4. The summed E-state index contributed by atoms with van der Waals surface area (Å²) in [6, 6.07) is 1.66. The van der Waals surface area contributed by atoms with Gasteiger partial charge in [0.05, 0.1) is 0 Å². The fourth-order valence-electron chi connectivity index (χ4n) is 7.21. The quantitative estimate of drug-likeness (QED) is 0.856. The van der Waals surface area contributed by atoms with Gasteiger partial charge >= 0.3 is 0 Å². The highest BCUT2D eigenvalue weighted by Gasteiger charge is 2.50. The van der Waals surface area contributed by atoms with Crippen molar-refractivity contribution >= 4 is 0 Å². The summed E-state index contributed by atoms with van der Waals surface area (Å²) in [7, 11) is 0. The monoisotopic (exact) mass is 288 g/mol. The lowest BCUT2D eigenvalue weighted by molar-refractivity contribution is -0.0610. The maximum atomic E-state index is 3.83. The molecule has 6 bridgehead atoms. The molecule has 118 valence electrons. The summed E-state index contributed by atoms with van der Waals surface area (Å²) in [4.78, 5) is 2.81. The normalized spacial score (nSPS) is 52.3. The minimum atomic E-state index is 0.785. The third-order valence-corrected chi connectivity index (χ3v) is 7.73. The van der Waals surface area contributed by atoms with E-state index < -0.39 is 0 Å². The van der Waals surface area contributed by atoms with Crippen LogP contribution in [0, 0.1) is 23.2 Å². The Morgan fingerprint density at radius 2 is 1.52 bits per heavy atom. The number of hydrogen-bond acceptors (Lipinski definition) is 2. The third-order valence-electron chi connectivity index (χ3n) is 7.73. The zero-order chi connectivity index (χ0) is 13.9. The van der Waals surface area contributed by atoms with Gasteiger partial charge in [-0.1, -0.05) is 0 Å². The van der Waals surface area contributed by atoms with Crippen molar-refractivity contribution in [3.8, 4) is 0 Å². The summed E-state index contributed by atoms with van der Waals surface area (Å²) in [5, 5.41) is 3.83. The summed E-state index contributed by atoms with van der Waals surface area (Å²) in [5.41, 5.74) is 0.785. The SMILES string of the molecule is C1C2CC3CC1CC(CCN1CCC4CCC(C1)N4)(C2)C3. The minimum Gasteiger partial charge on any atom is -0.310 e. The van der Waals surface area contributed by atoms with Crippen molar-refractivity contribution in [1.29, 1.82) is 0 Å². The van der Waals surface area contributed by atoms with E-state index in [4.69, 9.17) is 0 Å². The Morgan fingerprint density at radius 1 is 0.857 bits per heavy atom. The fourth-order valence-corrected chi connectivity index (χ4v) is 7.21. The number of fused-ring (bicyclic) bond motifs is 2. The first-order chi connectivity index (χ1) is 10.3. The molecule has 0 radical (unpaired) electrons. The fraction of sp³-hybridized carbons (Fsp3) is 1.00. The molecule has 21 heavy (non-hydrogen) atoms. The molecule has 2 saturated heterocycles. The molecule has 0 spiro atoms. The summed E-state index contributed by atoms with van der Waals surface area (Å²) in [5.74, 6) is 3.37. The first kappa shape index (κ1) is 13.4. The lowest BCUT2D eigenvalue weighted by Crippen LogP contribution is -2.47. The smallest absolute Gasteiger partial charge is 0.0198 e. The molecular weight excluding hydrogens is 256 g/mol. The van der Waals surface area contributed by atoms with E-state index in [2.05, 4.69) is 10.2 Å². The Labute approximate surface area is 130 Å². The Hall–Kier alpha value is -0.0800. The largest absolute Gasteiger partial charge is 0.310 e. The molecule has 1 N–H and O–H groups in total. The van der Waals surface area contributed by atoms with Crippen LogP contribution in [0.2, 0.25) is 0 Å². The van der Waals surface area contributed by atoms with Gasteiger partial charge in [-0.25, -0.2) is 0 Å². The molecule has 4 aliphatic carbocycles. The van der Waals surface area contributed by atoms with E-state index in [1.54, 1.807) is 38.5 Å². The molecule has 4 saturated carbocycles. The van der Waals surface area contributed by atoms with Gasteiger partial charge in [-0.05, 0) is 100 Å². The van der Waals surface area contributed by atoms with Crippen molar-refractivity contribution < 1.29 is 0 Å². The van der Waals surface area contributed by atoms with E-state index in [1.165, 1.54) is 45.3 Å². The number of nitrogens with zero attached hydrogens (tertiary/aromatic N) is 1. The molecule has 0 amide bonds. The van der Waals surface area contributed by atoms with E-state index >= 15 is 0 Å². The van der Waals surface area contributed by atoms with Crippen LogP contribution in [0.3, 0.4) is 0 Å². The Bertz CT molecular complexity index is 369. The summed E-state index contributed by atoms with van der Waals surface area (Å²) in [6.45, 7) is 4.10. The van der Waals surface area contributed by atoms with Crippen molar-refractivity contribution in [2.75, 3.05) is 19.6 Å². The Kier molecular flexibility index (Phi) is 3.16. The summed E-state index contributed by atoms with van der Waals surface area (Å²) >= 11 is 0. The van der Waals surface area contributed by atoms with Crippen LogP contribution < -0.4 is 5.32 Å². The number of hydrogen-bond donors (Lipinski definition) is 1. The average molecular weight is 288 g/mol. The van der Waals surface area contributed by atoms with Crippen LogP contribution >= 0.6 is 0 Å². The van der Waals surface area contributed by atoms with Gasteiger partial charge in [0.1, 0.15) is 0 Å².